The first-order chi connectivity index (χ1) is 22.2. The van der Waals surface area contributed by atoms with Crippen LogP contribution in [0.2, 0.25) is 0 Å². The Kier molecular flexibility index (Phi) is 10.3. The highest BCUT2D eigenvalue weighted by Gasteiger charge is 2.75. The molecule has 5 rings (SSSR count). The molecule has 3 amide bonds. The fraction of sp³-hybridized carbons (Fsp3) is 0.486. The lowest BCUT2D eigenvalue weighted by molar-refractivity contribution is -0.151. The molecule has 3 aliphatic rings. The van der Waals surface area contributed by atoms with E-state index in [4.69, 9.17) is 9.47 Å². The third kappa shape index (κ3) is 6.10. The topological polar surface area (TPSA) is 99.6 Å². The van der Waals surface area contributed by atoms with Crippen molar-refractivity contribution in [3.8, 4) is 5.75 Å². The van der Waals surface area contributed by atoms with Gasteiger partial charge in [0.05, 0.1) is 37.2 Å². The number of anilines is 1. The van der Waals surface area contributed by atoms with E-state index >= 15 is 0 Å². The summed E-state index contributed by atoms with van der Waals surface area (Å²) in [5, 5.41) is 10.6. The molecule has 0 saturated carbocycles. The van der Waals surface area contributed by atoms with E-state index in [-0.39, 0.29) is 43.3 Å². The highest BCUT2D eigenvalue weighted by Crippen LogP contribution is 2.59. The van der Waals surface area contributed by atoms with Crippen molar-refractivity contribution in [3.05, 3.63) is 85.5 Å². The van der Waals surface area contributed by atoms with Gasteiger partial charge in [0.1, 0.15) is 17.4 Å². The number of ether oxygens (including phenoxy) is 2. The molecule has 3 saturated heterocycles. The molecule has 9 nitrogen and oxygen atoms in total. The van der Waals surface area contributed by atoms with Crippen LogP contribution in [-0.2, 0) is 25.7 Å². The van der Waals surface area contributed by atoms with Crippen molar-refractivity contribution in [2.24, 2.45) is 17.8 Å². The van der Waals surface area contributed by atoms with Crippen LogP contribution in [0.25, 0.3) is 0 Å². The van der Waals surface area contributed by atoms with Gasteiger partial charge in [-0.3, -0.25) is 14.4 Å². The average molecular weight is 630 g/mol. The predicted molar refractivity (Wildman–Crippen MR) is 177 cm³/mol. The van der Waals surface area contributed by atoms with Gasteiger partial charge in [0, 0.05) is 25.3 Å². The van der Waals surface area contributed by atoms with E-state index in [1.807, 2.05) is 75.4 Å². The zero-order valence-corrected chi connectivity index (χ0v) is 27.2. The van der Waals surface area contributed by atoms with E-state index < -0.39 is 35.6 Å². The average Bonchev–Trinajstić information content (AvgIpc) is 3.70. The number of carbonyl (C=O) groups is 3. The van der Waals surface area contributed by atoms with Crippen molar-refractivity contribution in [1.29, 1.82) is 0 Å². The van der Waals surface area contributed by atoms with Gasteiger partial charge in [0.15, 0.2) is 0 Å². The van der Waals surface area contributed by atoms with Gasteiger partial charge in [0.25, 0.3) is 0 Å². The molecule has 46 heavy (non-hydrogen) atoms. The summed E-state index contributed by atoms with van der Waals surface area (Å²) in [4.78, 5) is 48.9. The largest absolute Gasteiger partial charge is 0.494 e. The minimum atomic E-state index is -1.18. The van der Waals surface area contributed by atoms with Crippen LogP contribution in [0.3, 0.4) is 0 Å². The minimum Gasteiger partial charge on any atom is -0.494 e. The summed E-state index contributed by atoms with van der Waals surface area (Å²) in [6, 6.07) is 15.4. The second kappa shape index (κ2) is 14.2. The maximum Gasteiger partial charge on any atom is 0.249 e. The molecule has 0 aliphatic carbocycles. The summed E-state index contributed by atoms with van der Waals surface area (Å²) in [7, 11) is 0. The molecule has 2 unspecified atom stereocenters. The van der Waals surface area contributed by atoms with E-state index in [9.17, 15) is 19.5 Å². The number of aliphatic hydroxyl groups is 1. The molecule has 3 heterocycles. The summed E-state index contributed by atoms with van der Waals surface area (Å²) >= 11 is 0. The molecule has 3 aliphatic heterocycles. The van der Waals surface area contributed by atoms with E-state index in [0.717, 1.165) is 5.56 Å². The quantitative estimate of drug-likeness (QED) is 0.289. The van der Waals surface area contributed by atoms with Gasteiger partial charge in [-0.05, 0) is 61.9 Å². The van der Waals surface area contributed by atoms with E-state index in [1.165, 1.54) is 0 Å². The fourth-order valence-corrected chi connectivity index (χ4v) is 7.75. The Labute approximate surface area is 272 Å². The normalized spacial score (nSPS) is 25.3. The molecule has 1 N–H and O–H groups in total. The molecule has 6 atom stereocenters. The lowest BCUT2D eigenvalue weighted by Crippen LogP contribution is -2.58. The summed E-state index contributed by atoms with van der Waals surface area (Å²) in [6.07, 6.45) is 4.37. The Morgan fingerprint density at radius 2 is 1.78 bits per heavy atom. The molecule has 1 spiro atoms. The van der Waals surface area contributed by atoms with Crippen LogP contribution in [0.5, 0.6) is 5.75 Å². The van der Waals surface area contributed by atoms with Gasteiger partial charge in [-0.25, -0.2) is 0 Å². The number of amides is 3. The standard InChI is InChI=1S/C37H47N3O6/c1-6-20-38(23-26-12-10-9-11-13-26)36(44)33-37-19-18-30(46-37)31(32(37)35(43)40(33)28(24-41)22-25(4)5)34(42)39(21-7-2)27-14-16-29(17-15-27)45-8-3/h6-7,9-17,25,28,30-33,41H,1-2,8,18-24H2,3-5H3/t28-,30+,31-,32+,33?,37?/m1/s1. The lowest BCUT2D eigenvalue weighted by Gasteiger charge is -2.39. The van der Waals surface area contributed by atoms with Gasteiger partial charge in [0.2, 0.25) is 17.7 Å². The van der Waals surface area contributed by atoms with Crippen LogP contribution < -0.4 is 9.64 Å². The smallest absolute Gasteiger partial charge is 0.249 e. The molecule has 3 fully saturated rings. The number of fused-ring (bicyclic) bond motifs is 1. The van der Waals surface area contributed by atoms with Crippen molar-refractivity contribution in [2.45, 2.75) is 70.4 Å². The number of hydrogen-bond acceptors (Lipinski definition) is 6. The number of rotatable bonds is 15. The van der Waals surface area contributed by atoms with Crippen molar-refractivity contribution in [2.75, 3.05) is 31.2 Å². The van der Waals surface area contributed by atoms with Crippen LogP contribution in [-0.4, -0.2) is 82.7 Å². The first kappa shape index (κ1) is 33.4. The Balaban J connectivity index is 1.55. The maximum atomic E-state index is 14.7. The molecule has 0 aromatic heterocycles. The van der Waals surface area contributed by atoms with Gasteiger partial charge in [-0.15, -0.1) is 13.2 Å². The highest BCUT2D eigenvalue weighted by molar-refractivity contribution is 6.03. The molecular formula is C37H47N3O6. The maximum absolute atomic E-state index is 14.7. The third-order valence-electron chi connectivity index (χ3n) is 9.52. The molecule has 246 valence electrons. The Hall–Kier alpha value is -3.95. The number of nitrogens with zero attached hydrogens (tertiary/aromatic N) is 3. The first-order valence-electron chi connectivity index (χ1n) is 16.4. The number of aliphatic hydroxyl groups excluding tert-OH is 1. The van der Waals surface area contributed by atoms with E-state index in [2.05, 4.69) is 13.2 Å². The number of benzene rings is 2. The number of hydrogen-bond donors (Lipinski definition) is 1. The SMILES string of the molecule is C=CCN(Cc1ccccc1)C(=O)C1N([C@@H](CO)CC(C)C)C(=O)[C@@H]2[C@H](C(=O)N(CC=C)c3ccc(OCC)cc3)[C@@H]3CCC12O3. The molecular weight excluding hydrogens is 582 g/mol. The summed E-state index contributed by atoms with van der Waals surface area (Å²) in [5.41, 5.74) is 0.426. The Morgan fingerprint density at radius 1 is 1.09 bits per heavy atom. The first-order valence-corrected chi connectivity index (χ1v) is 16.4. The van der Waals surface area contributed by atoms with Crippen molar-refractivity contribution in [3.63, 3.8) is 0 Å². The summed E-state index contributed by atoms with van der Waals surface area (Å²) < 4.78 is 12.3. The van der Waals surface area contributed by atoms with Gasteiger partial charge in [-0.1, -0.05) is 56.3 Å². The van der Waals surface area contributed by atoms with Crippen molar-refractivity contribution < 1.29 is 29.0 Å². The molecule has 2 aromatic rings. The van der Waals surface area contributed by atoms with Crippen LogP contribution >= 0.6 is 0 Å². The highest BCUT2D eigenvalue weighted by atomic mass is 16.5. The number of carbonyl (C=O) groups excluding carboxylic acids is 3. The van der Waals surface area contributed by atoms with Crippen LogP contribution in [0.1, 0.15) is 45.6 Å². The van der Waals surface area contributed by atoms with E-state index in [0.29, 0.717) is 43.9 Å². The zero-order valence-electron chi connectivity index (χ0n) is 27.2. The van der Waals surface area contributed by atoms with Gasteiger partial charge < -0.3 is 29.3 Å². The predicted octanol–water partition coefficient (Wildman–Crippen LogP) is 4.60. The van der Waals surface area contributed by atoms with Crippen LogP contribution in [0.15, 0.2) is 79.9 Å². The van der Waals surface area contributed by atoms with Crippen LogP contribution in [0, 0.1) is 17.8 Å². The van der Waals surface area contributed by atoms with Crippen molar-refractivity contribution >= 4 is 23.4 Å². The van der Waals surface area contributed by atoms with Gasteiger partial charge in [-0.2, -0.15) is 0 Å². The fourth-order valence-electron chi connectivity index (χ4n) is 7.75. The Morgan fingerprint density at radius 3 is 2.39 bits per heavy atom. The molecule has 2 aromatic carbocycles. The van der Waals surface area contributed by atoms with Gasteiger partial charge >= 0.3 is 0 Å². The molecule has 2 bridgehead atoms. The second-order valence-corrected chi connectivity index (χ2v) is 12.9. The van der Waals surface area contributed by atoms with Crippen molar-refractivity contribution in [1.82, 2.24) is 9.80 Å². The number of likely N-dealkylation sites (tertiary alicyclic amines) is 1. The second-order valence-electron chi connectivity index (χ2n) is 12.9. The Bertz CT molecular complexity index is 1410. The van der Waals surface area contributed by atoms with E-state index in [1.54, 1.807) is 26.9 Å². The minimum absolute atomic E-state index is 0.157. The summed E-state index contributed by atoms with van der Waals surface area (Å²) in [5.74, 6) is -1.59. The zero-order chi connectivity index (χ0) is 33.0. The monoisotopic (exact) mass is 629 g/mol. The summed E-state index contributed by atoms with van der Waals surface area (Å²) in [6.45, 7) is 14.8. The molecule has 9 heteroatoms. The van der Waals surface area contributed by atoms with Crippen LogP contribution in [0.4, 0.5) is 5.69 Å². The molecule has 0 radical (unpaired) electrons. The lowest BCUT2D eigenvalue weighted by atomic mass is 9.70. The third-order valence-corrected chi connectivity index (χ3v) is 9.52.